The Labute approximate surface area is 73.9 Å². The average molecular weight is 180 g/mol. The molecular formula is C7H4N2O2S. The van der Waals surface area contributed by atoms with E-state index in [0.717, 1.165) is 0 Å². The van der Waals surface area contributed by atoms with Crippen LogP contribution in [0.3, 0.4) is 0 Å². The van der Waals surface area contributed by atoms with Gasteiger partial charge in [-0.1, -0.05) is 0 Å². The lowest BCUT2D eigenvalue weighted by atomic mass is 10.2. The summed E-state index contributed by atoms with van der Waals surface area (Å²) >= 11 is 3.92. The van der Waals surface area contributed by atoms with Crippen LogP contribution in [0.25, 0.3) is 0 Å². The summed E-state index contributed by atoms with van der Waals surface area (Å²) < 4.78 is 0. The monoisotopic (exact) mass is 180 g/mol. The van der Waals surface area contributed by atoms with E-state index in [4.69, 9.17) is 10.4 Å². The van der Waals surface area contributed by atoms with Crippen LogP contribution in [0.15, 0.2) is 17.2 Å². The van der Waals surface area contributed by atoms with Crippen LogP contribution in [0, 0.1) is 11.3 Å². The van der Waals surface area contributed by atoms with E-state index in [2.05, 4.69) is 17.6 Å². The molecule has 0 radical (unpaired) electrons. The number of hydrogen-bond acceptors (Lipinski definition) is 4. The summed E-state index contributed by atoms with van der Waals surface area (Å²) in [6.07, 6.45) is 1.29. The minimum atomic E-state index is -1.21. The SMILES string of the molecule is N#Cc1cc(S)cnc1C(=O)O. The molecule has 0 unspecified atom stereocenters. The summed E-state index contributed by atoms with van der Waals surface area (Å²) in [4.78, 5) is 14.5. The second-order valence-electron chi connectivity index (χ2n) is 2.01. The van der Waals surface area contributed by atoms with Crippen molar-refractivity contribution in [3.63, 3.8) is 0 Å². The van der Waals surface area contributed by atoms with Crippen molar-refractivity contribution in [3.8, 4) is 6.07 Å². The second kappa shape index (κ2) is 3.24. The van der Waals surface area contributed by atoms with Crippen molar-refractivity contribution in [1.82, 2.24) is 4.98 Å². The molecular weight excluding hydrogens is 176 g/mol. The van der Waals surface area contributed by atoms with Gasteiger partial charge in [0.2, 0.25) is 0 Å². The molecule has 1 rings (SSSR count). The number of nitriles is 1. The Morgan fingerprint density at radius 3 is 2.92 bits per heavy atom. The van der Waals surface area contributed by atoms with Gasteiger partial charge in [-0.05, 0) is 6.07 Å². The first-order chi connectivity index (χ1) is 5.65. The normalized spacial score (nSPS) is 9.00. The third kappa shape index (κ3) is 1.54. The minimum Gasteiger partial charge on any atom is -0.476 e. The van der Waals surface area contributed by atoms with Crippen molar-refractivity contribution in [2.24, 2.45) is 0 Å². The fourth-order valence-corrected chi connectivity index (χ4v) is 0.896. The molecule has 0 saturated carbocycles. The fraction of sp³-hybridized carbons (Fsp3) is 0. The molecule has 0 aromatic carbocycles. The molecule has 0 fully saturated rings. The van der Waals surface area contributed by atoms with Crippen molar-refractivity contribution in [2.45, 2.75) is 4.90 Å². The highest BCUT2D eigenvalue weighted by molar-refractivity contribution is 7.80. The Bertz CT molecular complexity index is 370. The molecule has 1 heterocycles. The van der Waals surface area contributed by atoms with Crippen molar-refractivity contribution >= 4 is 18.6 Å². The lowest BCUT2D eigenvalue weighted by molar-refractivity contribution is 0.0690. The van der Waals surface area contributed by atoms with Gasteiger partial charge in [-0.3, -0.25) is 0 Å². The number of carboxylic acids is 1. The maximum atomic E-state index is 10.5. The van der Waals surface area contributed by atoms with E-state index in [0.29, 0.717) is 4.90 Å². The Morgan fingerprint density at radius 1 is 1.75 bits per heavy atom. The van der Waals surface area contributed by atoms with Crippen LogP contribution in [-0.4, -0.2) is 16.1 Å². The van der Waals surface area contributed by atoms with E-state index < -0.39 is 5.97 Å². The molecule has 0 aliphatic rings. The molecule has 0 atom stereocenters. The van der Waals surface area contributed by atoms with Crippen LogP contribution in [0.5, 0.6) is 0 Å². The van der Waals surface area contributed by atoms with Gasteiger partial charge in [0, 0.05) is 11.1 Å². The van der Waals surface area contributed by atoms with E-state index in [9.17, 15) is 4.79 Å². The molecule has 0 amide bonds. The number of nitrogens with zero attached hydrogens (tertiary/aromatic N) is 2. The van der Waals surface area contributed by atoms with Crippen LogP contribution in [-0.2, 0) is 0 Å². The van der Waals surface area contributed by atoms with Gasteiger partial charge >= 0.3 is 5.97 Å². The minimum absolute atomic E-state index is 0.0231. The van der Waals surface area contributed by atoms with Crippen LogP contribution < -0.4 is 0 Å². The number of hydrogen-bond donors (Lipinski definition) is 2. The second-order valence-corrected chi connectivity index (χ2v) is 2.52. The van der Waals surface area contributed by atoms with Crippen LogP contribution in [0.4, 0.5) is 0 Å². The van der Waals surface area contributed by atoms with Gasteiger partial charge in [0.15, 0.2) is 5.69 Å². The summed E-state index contributed by atoms with van der Waals surface area (Å²) in [6, 6.07) is 3.09. The quantitative estimate of drug-likeness (QED) is 0.631. The number of aromatic carboxylic acids is 1. The first kappa shape index (κ1) is 8.56. The topological polar surface area (TPSA) is 74.0 Å². The van der Waals surface area contributed by atoms with Gasteiger partial charge in [0.25, 0.3) is 0 Å². The van der Waals surface area contributed by atoms with Gasteiger partial charge in [0.05, 0.1) is 5.56 Å². The summed E-state index contributed by atoms with van der Waals surface area (Å²) in [7, 11) is 0. The Balaban J connectivity index is 3.32. The maximum absolute atomic E-state index is 10.5. The van der Waals surface area contributed by atoms with Crippen LogP contribution in [0.1, 0.15) is 16.1 Å². The van der Waals surface area contributed by atoms with E-state index in [-0.39, 0.29) is 11.3 Å². The average Bonchev–Trinajstić information content (AvgIpc) is 2.03. The predicted octanol–water partition coefficient (Wildman–Crippen LogP) is 0.940. The predicted molar refractivity (Wildman–Crippen MR) is 43.2 cm³/mol. The molecule has 4 nitrogen and oxygen atoms in total. The molecule has 12 heavy (non-hydrogen) atoms. The molecule has 60 valence electrons. The van der Waals surface area contributed by atoms with E-state index >= 15 is 0 Å². The van der Waals surface area contributed by atoms with Crippen molar-refractivity contribution in [2.75, 3.05) is 0 Å². The summed E-state index contributed by atoms with van der Waals surface area (Å²) in [5.41, 5.74) is -0.217. The third-order valence-corrected chi connectivity index (χ3v) is 1.44. The van der Waals surface area contributed by atoms with Crippen molar-refractivity contribution in [3.05, 3.63) is 23.5 Å². The lowest BCUT2D eigenvalue weighted by Crippen LogP contribution is -2.03. The maximum Gasteiger partial charge on any atom is 0.355 e. The van der Waals surface area contributed by atoms with Crippen LogP contribution >= 0.6 is 12.6 Å². The molecule has 1 aromatic heterocycles. The largest absolute Gasteiger partial charge is 0.476 e. The fourth-order valence-electron chi connectivity index (χ4n) is 0.709. The Kier molecular flexibility index (Phi) is 2.31. The molecule has 0 bridgehead atoms. The standard InChI is InChI=1S/C7H4N2O2S/c8-2-4-1-5(12)3-9-6(4)7(10)11/h1,3,12H,(H,10,11). The van der Waals surface area contributed by atoms with Crippen molar-refractivity contribution in [1.29, 1.82) is 5.26 Å². The van der Waals surface area contributed by atoms with Gasteiger partial charge in [-0.25, -0.2) is 9.78 Å². The highest BCUT2D eigenvalue weighted by Gasteiger charge is 2.10. The number of rotatable bonds is 1. The molecule has 5 heteroatoms. The molecule has 0 saturated heterocycles. The molecule has 1 aromatic rings. The molecule has 0 aliphatic heterocycles. The molecule has 0 spiro atoms. The van der Waals surface area contributed by atoms with E-state index in [1.54, 1.807) is 6.07 Å². The van der Waals surface area contributed by atoms with Gasteiger partial charge in [-0.15, -0.1) is 12.6 Å². The van der Waals surface area contributed by atoms with E-state index in [1.165, 1.54) is 12.3 Å². The van der Waals surface area contributed by atoms with Gasteiger partial charge < -0.3 is 5.11 Å². The first-order valence-electron chi connectivity index (χ1n) is 2.97. The summed E-state index contributed by atoms with van der Waals surface area (Å²) in [5.74, 6) is -1.21. The lowest BCUT2D eigenvalue weighted by Gasteiger charge is -1.96. The number of carbonyl (C=O) groups is 1. The van der Waals surface area contributed by atoms with Crippen molar-refractivity contribution < 1.29 is 9.90 Å². The Hall–Kier alpha value is -1.54. The smallest absolute Gasteiger partial charge is 0.355 e. The van der Waals surface area contributed by atoms with Gasteiger partial charge in [0.1, 0.15) is 6.07 Å². The van der Waals surface area contributed by atoms with Gasteiger partial charge in [-0.2, -0.15) is 5.26 Å². The number of pyridine rings is 1. The number of aromatic nitrogens is 1. The number of carboxylic acid groups (broad SMARTS) is 1. The third-order valence-electron chi connectivity index (χ3n) is 1.20. The Morgan fingerprint density at radius 2 is 2.42 bits per heavy atom. The molecule has 1 N–H and O–H groups in total. The zero-order chi connectivity index (χ0) is 9.14. The highest BCUT2D eigenvalue weighted by atomic mass is 32.1. The zero-order valence-corrected chi connectivity index (χ0v) is 6.75. The highest BCUT2D eigenvalue weighted by Crippen LogP contribution is 2.10. The zero-order valence-electron chi connectivity index (χ0n) is 5.85. The first-order valence-corrected chi connectivity index (χ1v) is 3.42. The number of thiol groups is 1. The van der Waals surface area contributed by atoms with E-state index in [1.807, 2.05) is 0 Å². The summed E-state index contributed by atoms with van der Waals surface area (Å²) in [5, 5.41) is 17.1. The molecule has 0 aliphatic carbocycles. The van der Waals surface area contributed by atoms with Crippen LogP contribution in [0.2, 0.25) is 0 Å². The summed E-state index contributed by atoms with van der Waals surface area (Å²) in [6.45, 7) is 0.